The predicted molar refractivity (Wildman–Crippen MR) is 56.1 cm³/mol. The van der Waals surface area contributed by atoms with E-state index >= 15 is 0 Å². The Kier molecular flexibility index (Phi) is 3.85. The average Bonchev–Trinajstić information content (AvgIpc) is 2.16. The van der Waals surface area contributed by atoms with E-state index in [0.29, 0.717) is 12.3 Å². The Bertz CT molecular complexity index is 246. The second-order valence-corrected chi connectivity index (χ2v) is 3.60. The fourth-order valence-corrected chi connectivity index (χ4v) is 1.38. The van der Waals surface area contributed by atoms with Crippen molar-refractivity contribution in [3.63, 3.8) is 0 Å². The van der Waals surface area contributed by atoms with E-state index in [4.69, 9.17) is 17.2 Å². The van der Waals surface area contributed by atoms with Crippen LogP contribution in [0, 0.1) is 5.92 Å². The summed E-state index contributed by atoms with van der Waals surface area (Å²) in [5.41, 5.74) is 16.2. The Morgan fingerprint density at radius 2 is 1.86 bits per heavy atom. The van der Waals surface area contributed by atoms with E-state index in [2.05, 4.69) is 0 Å². The molecule has 0 saturated heterocycles. The van der Waals surface area contributed by atoms with Crippen LogP contribution in [0.25, 0.3) is 0 Å². The number of allylic oxidation sites excluding steroid dienone is 2. The molecule has 0 spiro atoms. The number of primary amides is 1. The van der Waals surface area contributed by atoms with Gasteiger partial charge in [-0.2, -0.15) is 0 Å². The molecule has 0 bridgehead atoms. The highest BCUT2D eigenvalue weighted by atomic mass is 16.1. The van der Waals surface area contributed by atoms with Crippen LogP contribution in [0.5, 0.6) is 0 Å². The summed E-state index contributed by atoms with van der Waals surface area (Å²) in [7, 11) is 0. The lowest BCUT2D eigenvalue weighted by Crippen LogP contribution is -2.36. The first-order valence-electron chi connectivity index (χ1n) is 4.76. The molecule has 78 valence electrons. The average molecular weight is 195 g/mol. The number of hydrogen-bond donors (Lipinski definition) is 3. The van der Waals surface area contributed by atoms with E-state index in [1.165, 1.54) is 0 Å². The molecule has 0 heterocycles. The predicted octanol–water partition coefficient (Wildman–Crippen LogP) is -0.351. The van der Waals surface area contributed by atoms with Gasteiger partial charge < -0.3 is 17.2 Å². The van der Waals surface area contributed by atoms with Crippen LogP contribution in [-0.4, -0.2) is 18.0 Å². The van der Waals surface area contributed by atoms with E-state index in [0.717, 1.165) is 6.42 Å². The minimum atomic E-state index is -0.535. The molecule has 1 aliphatic carbocycles. The number of carbonyl (C=O) groups is 1. The van der Waals surface area contributed by atoms with Crippen LogP contribution in [0.2, 0.25) is 0 Å². The second kappa shape index (κ2) is 4.93. The minimum absolute atomic E-state index is 0.0241. The van der Waals surface area contributed by atoms with E-state index in [1.807, 2.05) is 24.3 Å². The smallest absolute Gasteiger partial charge is 0.234 e. The molecule has 0 fully saturated rings. The van der Waals surface area contributed by atoms with Gasteiger partial charge in [0.1, 0.15) is 0 Å². The van der Waals surface area contributed by atoms with Gasteiger partial charge in [0.15, 0.2) is 0 Å². The Morgan fingerprint density at radius 3 is 2.36 bits per heavy atom. The largest absolute Gasteiger partial charge is 0.368 e. The summed E-state index contributed by atoms with van der Waals surface area (Å²) in [6.07, 6.45) is 9.42. The summed E-state index contributed by atoms with van der Waals surface area (Å²) in [4.78, 5) is 10.7. The number of hydrogen-bond acceptors (Lipinski definition) is 3. The highest BCUT2D eigenvalue weighted by molar-refractivity contribution is 5.79. The maximum Gasteiger partial charge on any atom is 0.234 e. The van der Waals surface area contributed by atoms with Crippen LogP contribution >= 0.6 is 0 Å². The van der Waals surface area contributed by atoms with E-state index in [1.54, 1.807) is 0 Å². The van der Waals surface area contributed by atoms with Gasteiger partial charge in [0.05, 0.1) is 6.04 Å². The molecule has 4 nitrogen and oxygen atoms in total. The molecule has 4 heteroatoms. The van der Waals surface area contributed by atoms with Crippen LogP contribution in [0.15, 0.2) is 24.3 Å². The van der Waals surface area contributed by atoms with Crippen LogP contribution in [0.4, 0.5) is 0 Å². The first-order valence-corrected chi connectivity index (χ1v) is 4.76. The van der Waals surface area contributed by atoms with Crippen LogP contribution < -0.4 is 17.2 Å². The van der Waals surface area contributed by atoms with Gasteiger partial charge in [0.2, 0.25) is 5.91 Å². The van der Waals surface area contributed by atoms with Crippen molar-refractivity contribution in [1.29, 1.82) is 0 Å². The zero-order chi connectivity index (χ0) is 10.6. The van der Waals surface area contributed by atoms with Crippen molar-refractivity contribution < 1.29 is 4.79 Å². The number of amides is 1. The molecule has 1 amide bonds. The molecule has 1 aliphatic rings. The molecular formula is C10H17N3O. The summed E-state index contributed by atoms with van der Waals surface area (Å²) in [5, 5.41) is 0. The Balaban J connectivity index is 2.29. The standard InChI is InChI=1S/C10H17N3O/c11-8-4-1-7(2-5-8)3-6-9(12)10(13)14/h1-2,4-5,7-9H,3,6,11-12H2,(H2,13,14)/t7?,8?,9-/m1/s1. The fraction of sp³-hybridized carbons (Fsp3) is 0.500. The van der Waals surface area contributed by atoms with Gasteiger partial charge >= 0.3 is 0 Å². The third-order valence-corrected chi connectivity index (χ3v) is 2.34. The quantitative estimate of drug-likeness (QED) is 0.535. The molecule has 0 aliphatic heterocycles. The molecule has 0 aromatic heterocycles. The third kappa shape index (κ3) is 3.32. The maximum absolute atomic E-state index is 10.7. The monoisotopic (exact) mass is 195 g/mol. The number of nitrogens with two attached hydrogens (primary N) is 3. The van der Waals surface area contributed by atoms with Crippen molar-refractivity contribution in [1.82, 2.24) is 0 Å². The SMILES string of the molecule is NC(=O)[C@H](N)CCC1C=CC(N)C=C1. The number of rotatable bonds is 4. The van der Waals surface area contributed by atoms with Gasteiger partial charge in [-0.15, -0.1) is 0 Å². The van der Waals surface area contributed by atoms with Crippen LogP contribution in [0.1, 0.15) is 12.8 Å². The van der Waals surface area contributed by atoms with Crippen molar-refractivity contribution in [3.8, 4) is 0 Å². The lowest BCUT2D eigenvalue weighted by molar-refractivity contribution is -0.119. The van der Waals surface area contributed by atoms with Crippen molar-refractivity contribution in [2.24, 2.45) is 23.1 Å². The molecule has 0 radical (unpaired) electrons. The molecule has 0 saturated carbocycles. The highest BCUT2D eigenvalue weighted by Crippen LogP contribution is 2.15. The third-order valence-electron chi connectivity index (χ3n) is 2.34. The van der Waals surface area contributed by atoms with Crippen LogP contribution in [-0.2, 0) is 4.79 Å². The topological polar surface area (TPSA) is 95.1 Å². The first-order chi connectivity index (χ1) is 6.59. The van der Waals surface area contributed by atoms with E-state index in [9.17, 15) is 4.79 Å². The summed E-state index contributed by atoms with van der Waals surface area (Å²) in [6.45, 7) is 0. The zero-order valence-corrected chi connectivity index (χ0v) is 8.10. The van der Waals surface area contributed by atoms with Crippen LogP contribution in [0.3, 0.4) is 0 Å². The molecule has 14 heavy (non-hydrogen) atoms. The highest BCUT2D eigenvalue weighted by Gasteiger charge is 2.12. The number of carbonyl (C=O) groups excluding carboxylic acids is 1. The molecule has 1 atom stereocenters. The van der Waals surface area contributed by atoms with Gasteiger partial charge in [-0.05, 0) is 18.8 Å². The summed E-state index contributed by atoms with van der Waals surface area (Å²) in [5.74, 6) is -0.106. The Labute approximate surface area is 83.8 Å². The Morgan fingerprint density at radius 1 is 1.29 bits per heavy atom. The maximum atomic E-state index is 10.7. The summed E-state index contributed by atoms with van der Waals surface area (Å²) in [6, 6.07) is -0.511. The van der Waals surface area contributed by atoms with Gasteiger partial charge in [-0.3, -0.25) is 4.79 Å². The summed E-state index contributed by atoms with van der Waals surface area (Å²) >= 11 is 0. The van der Waals surface area contributed by atoms with Gasteiger partial charge in [-0.1, -0.05) is 24.3 Å². The normalized spacial score (nSPS) is 27.6. The van der Waals surface area contributed by atoms with Gasteiger partial charge in [-0.25, -0.2) is 0 Å². The summed E-state index contributed by atoms with van der Waals surface area (Å²) < 4.78 is 0. The van der Waals surface area contributed by atoms with Crippen molar-refractivity contribution >= 4 is 5.91 Å². The van der Waals surface area contributed by atoms with Crippen molar-refractivity contribution in [2.45, 2.75) is 24.9 Å². The molecule has 1 rings (SSSR count). The van der Waals surface area contributed by atoms with E-state index < -0.39 is 11.9 Å². The lowest BCUT2D eigenvalue weighted by Gasteiger charge is -2.15. The molecule has 0 aromatic carbocycles. The first kappa shape index (κ1) is 10.9. The second-order valence-electron chi connectivity index (χ2n) is 3.60. The van der Waals surface area contributed by atoms with Gasteiger partial charge in [0, 0.05) is 6.04 Å². The fourth-order valence-electron chi connectivity index (χ4n) is 1.38. The molecule has 0 aromatic rings. The molecule has 0 unspecified atom stereocenters. The van der Waals surface area contributed by atoms with Gasteiger partial charge in [0.25, 0.3) is 0 Å². The minimum Gasteiger partial charge on any atom is -0.368 e. The van der Waals surface area contributed by atoms with Crippen molar-refractivity contribution in [2.75, 3.05) is 0 Å². The van der Waals surface area contributed by atoms with Crippen molar-refractivity contribution in [3.05, 3.63) is 24.3 Å². The Hall–Kier alpha value is -1.13. The lowest BCUT2D eigenvalue weighted by atomic mass is 9.94. The zero-order valence-electron chi connectivity index (χ0n) is 8.10. The molecular weight excluding hydrogens is 178 g/mol. The van der Waals surface area contributed by atoms with E-state index in [-0.39, 0.29) is 6.04 Å². The molecule has 6 N–H and O–H groups in total.